The summed E-state index contributed by atoms with van der Waals surface area (Å²) in [5.74, 6) is -1.02. The van der Waals surface area contributed by atoms with Crippen molar-refractivity contribution in [3.63, 3.8) is 0 Å². The van der Waals surface area contributed by atoms with Gasteiger partial charge in [0.1, 0.15) is 11.7 Å². The molecule has 0 fully saturated rings. The third-order valence-corrected chi connectivity index (χ3v) is 2.86. The van der Waals surface area contributed by atoms with Crippen LogP contribution in [0.3, 0.4) is 0 Å². The highest BCUT2D eigenvalue weighted by molar-refractivity contribution is 5.80. The normalized spacial score (nSPS) is 11.7. The molecule has 1 amide bonds. The molecule has 0 spiro atoms. The molecule has 1 aromatic carbocycles. The topological polar surface area (TPSA) is 44.1 Å². The van der Waals surface area contributed by atoms with Crippen molar-refractivity contribution in [1.29, 1.82) is 5.26 Å². The van der Waals surface area contributed by atoms with Gasteiger partial charge in [0.2, 0.25) is 5.91 Å². The van der Waals surface area contributed by atoms with Crippen molar-refractivity contribution in [3.05, 3.63) is 35.6 Å². The molecule has 0 aliphatic carbocycles. The fraction of sp³-hybridized carbons (Fsp3) is 0.429. The highest BCUT2D eigenvalue weighted by Gasteiger charge is 2.19. The van der Waals surface area contributed by atoms with Crippen LogP contribution in [0.15, 0.2) is 24.3 Å². The van der Waals surface area contributed by atoms with Gasteiger partial charge in [0.15, 0.2) is 0 Å². The number of rotatable bonds is 5. The Hall–Kier alpha value is -1.89. The maximum atomic E-state index is 13.0. The van der Waals surface area contributed by atoms with E-state index in [1.807, 2.05) is 19.1 Å². The number of hydrogen-bond acceptors (Lipinski definition) is 2. The van der Waals surface area contributed by atoms with Gasteiger partial charge in [-0.25, -0.2) is 4.39 Å². The molecule has 0 aliphatic heterocycles. The van der Waals surface area contributed by atoms with Crippen LogP contribution in [0, 0.1) is 23.1 Å². The molecular formula is C14H17FN2O. The molecule has 0 aliphatic rings. The number of nitriles is 1. The fourth-order valence-corrected chi connectivity index (χ4v) is 1.69. The van der Waals surface area contributed by atoms with E-state index in [4.69, 9.17) is 5.26 Å². The lowest BCUT2D eigenvalue weighted by atomic mass is 10.1. The second-order valence-corrected chi connectivity index (χ2v) is 4.23. The number of likely N-dealkylation sites (N-methyl/N-ethyl adjacent to an activating group) is 1. The van der Waals surface area contributed by atoms with E-state index in [2.05, 4.69) is 0 Å². The number of halogens is 1. The van der Waals surface area contributed by atoms with Gasteiger partial charge in [-0.3, -0.25) is 4.79 Å². The smallest absolute Gasteiger partial charge is 0.239 e. The molecule has 4 heteroatoms. The Morgan fingerprint density at radius 2 is 2.28 bits per heavy atom. The van der Waals surface area contributed by atoms with Gasteiger partial charge in [0.25, 0.3) is 0 Å². The molecule has 3 nitrogen and oxygen atoms in total. The number of carbonyl (C=O) groups excluding carboxylic acids is 1. The van der Waals surface area contributed by atoms with Crippen LogP contribution in [0.5, 0.6) is 0 Å². The first-order valence-corrected chi connectivity index (χ1v) is 5.97. The molecule has 0 aromatic heterocycles. The maximum Gasteiger partial charge on any atom is 0.239 e. The third-order valence-electron chi connectivity index (χ3n) is 2.86. The molecule has 1 unspecified atom stereocenters. The predicted molar refractivity (Wildman–Crippen MR) is 67.1 cm³/mol. The molecule has 0 saturated carbocycles. The summed E-state index contributed by atoms with van der Waals surface area (Å²) < 4.78 is 13.0. The zero-order valence-corrected chi connectivity index (χ0v) is 10.7. The summed E-state index contributed by atoms with van der Waals surface area (Å²) >= 11 is 0. The average Bonchev–Trinajstić information content (AvgIpc) is 2.37. The summed E-state index contributed by atoms with van der Waals surface area (Å²) in [5, 5.41) is 8.82. The summed E-state index contributed by atoms with van der Waals surface area (Å²) in [6, 6.07) is 8.31. The lowest BCUT2D eigenvalue weighted by molar-refractivity contribution is -0.132. The number of carbonyl (C=O) groups is 1. The first-order chi connectivity index (χ1) is 8.58. The van der Waals surface area contributed by atoms with Crippen LogP contribution in [-0.2, 0) is 11.2 Å². The van der Waals surface area contributed by atoms with Crippen molar-refractivity contribution in [1.82, 2.24) is 4.90 Å². The molecule has 96 valence electrons. The van der Waals surface area contributed by atoms with E-state index in [-0.39, 0.29) is 11.7 Å². The molecule has 0 saturated heterocycles. The Morgan fingerprint density at radius 1 is 1.56 bits per heavy atom. The van der Waals surface area contributed by atoms with Crippen LogP contribution in [0.25, 0.3) is 0 Å². The van der Waals surface area contributed by atoms with Gasteiger partial charge in [0.05, 0.1) is 6.07 Å². The van der Waals surface area contributed by atoms with Gasteiger partial charge < -0.3 is 4.90 Å². The molecule has 1 rings (SSSR count). The molecule has 0 radical (unpaired) electrons. The van der Waals surface area contributed by atoms with Crippen LogP contribution in [-0.4, -0.2) is 24.4 Å². The number of amides is 1. The van der Waals surface area contributed by atoms with Crippen LogP contribution in [0.4, 0.5) is 4.39 Å². The maximum absolute atomic E-state index is 13.0. The molecule has 0 heterocycles. The number of benzene rings is 1. The van der Waals surface area contributed by atoms with Crippen molar-refractivity contribution >= 4 is 5.91 Å². The van der Waals surface area contributed by atoms with Gasteiger partial charge in [-0.15, -0.1) is 0 Å². The fourth-order valence-electron chi connectivity index (χ4n) is 1.69. The third kappa shape index (κ3) is 3.85. The Morgan fingerprint density at radius 3 is 2.83 bits per heavy atom. The quantitative estimate of drug-likeness (QED) is 0.803. The van der Waals surface area contributed by atoms with Crippen molar-refractivity contribution in [2.45, 2.75) is 19.8 Å². The van der Waals surface area contributed by atoms with Gasteiger partial charge in [0, 0.05) is 13.6 Å². The summed E-state index contributed by atoms with van der Waals surface area (Å²) in [7, 11) is 1.67. The largest absolute Gasteiger partial charge is 0.344 e. The average molecular weight is 248 g/mol. The monoisotopic (exact) mass is 248 g/mol. The Balaban J connectivity index is 2.53. The molecule has 0 bridgehead atoms. The van der Waals surface area contributed by atoms with Crippen molar-refractivity contribution in [3.8, 4) is 6.07 Å². The summed E-state index contributed by atoms with van der Waals surface area (Å²) in [5.41, 5.74) is 0.847. The minimum atomic E-state index is -0.581. The van der Waals surface area contributed by atoms with Gasteiger partial charge in [-0.05, 0) is 30.5 Å². The standard InChI is InChI=1S/C14H17FN2O/c1-3-12(10-16)14(18)17(2)8-7-11-5-4-6-13(15)9-11/h4-6,9,12H,3,7-8H2,1-2H3. The van der Waals surface area contributed by atoms with E-state index >= 15 is 0 Å². The minimum absolute atomic E-state index is 0.170. The van der Waals surface area contributed by atoms with E-state index in [1.54, 1.807) is 13.1 Å². The van der Waals surface area contributed by atoms with Gasteiger partial charge in [-0.1, -0.05) is 19.1 Å². The lowest BCUT2D eigenvalue weighted by Gasteiger charge is -2.19. The van der Waals surface area contributed by atoms with Crippen LogP contribution >= 0.6 is 0 Å². The second-order valence-electron chi connectivity index (χ2n) is 4.23. The van der Waals surface area contributed by atoms with Gasteiger partial charge >= 0.3 is 0 Å². The number of hydrogen-bond donors (Lipinski definition) is 0. The van der Waals surface area contributed by atoms with E-state index in [1.165, 1.54) is 17.0 Å². The Labute approximate surface area is 107 Å². The van der Waals surface area contributed by atoms with E-state index in [9.17, 15) is 9.18 Å². The zero-order chi connectivity index (χ0) is 13.5. The van der Waals surface area contributed by atoms with Crippen LogP contribution < -0.4 is 0 Å². The highest BCUT2D eigenvalue weighted by atomic mass is 19.1. The van der Waals surface area contributed by atoms with Gasteiger partial charge in [-0.2, -0.15) is 5.26 Å². The lowest BCUT2D eigenvalue weighted by Crippen LogP contribution is -2.33. The van der Waals surface area contributed by atoms with E-state index in [0.29, 0.717) is 19.4 Å². The molecular weight excluding hydrogens is 231 g/mol. The highest BCUT2D eigenvalue weighted by Crippen LogP contribution is 2.08. The second kappa shape index (κ2) is 6.75. The van der Waals surface area contributed by atoms with E-state index in [0.717, 1.165) is 5.56 Å². The molecule has 0 N–H and O–H groups in total. The van der Waals surface area contributed by atoms with Crippen LogP contribution in [0.1, 0.15) is 18.9 Å². The number of nitrogens with zero attached hydrogens (tertiary/aromatic N) is 2. The van der Waals surface area contributed by atoms with Crippen molar-refractivity contribution in [2.75, 3.05) is 13.6 Å². The van der Waals surface area contributed by atoms with Crippen LogP contribution in [0.2, 0.25) is 0 Å². The summed E-state index contributed by atoms with van der Waals surface area (Å²) in [6.07, 6.45) is 1.10. The zero-order valence-electron chi connectivity index (χ0n) is 10.7. The summed E-state index contributed by atoms with van der Waals surface area (Å²) in [6.45, 7) is 2.30. The first kappa shape index (κ1) is 14.2. The Kier molecular flexibility index (Phi) is 5.31. The van der Waals surface area contributed by atoms with E-state index < -0.39 is 5.92 Å². The predicted octanol–water partition coefficient (Wildman–Crippen LogP) is 2.38. The summed E-state index contributed by atoms with van der Waals surface area (Å²) in [4.78, 5) is 13.4. The molecule has 1 atom stereocenters. The SMILES string of the molecule is CCC(C#N)C(=O)N(C)CCc1cccc(F)c1. The van der Waals surface area contributed by atoms with Crippen molar-refractivity contribution < 1.29 is 9.18 Å². The first-order valence-electron chi connectivity index (χ1n) is 5.97. The molecule has 1 aromatic rings. The molecule has 18 heavy (non-hydrogen) atoms. The Bertz CT molecular complexity index is 453. The minimum Gasteiger partial charge on any atom is -0.344 e. The van der Waals surface area contributed by atoms with Crippen molar-refractivity contribution in [2.24, 2.45) is 5.92 Å².